The van der Waals surface area contributed by atoms with E-state index in [9.17, 15) is 19.0 Å². The molecule has 0 unspecified atom stereocenters. The standard InChI is InChI=1S/C18H20F2O2/c19-15-5-1-13(2-6-15)17(9-11-21)18(10-12-22)14-3-7-16(20)8-4-14/h1-8,17-18,21-22H,9-12H2/t17-,18-/m0/s1. The lowest BCUT2D eigenvalue weighted by Crippen LogP contribution is -2.15. The largest absolute Gasteiger partial charge is 0.396 e. The van der Waals surface area contributed by atoms with E-state index in [0.717, 1.165) is 11.1 Å². The fourth-order valence-corrected chi connectivity index (χ4v) is 2.90. The normalized spacial score (nSPS) is 13.8. The zero-order valence-electron chi connectivity index (χ0n) is 12.3. The van der Waals surface area contributed by atoms with Gasteiger partial charge in [0.1, 0.15) is 11.6 Å². The van der Waals surface area contributed by atoms with Crippen LogP contribution < -0.4 is 0 Å². The van der Waals surface area contributed by atoms with E-state index >= 15 is 0 Å². The van der Waals surface area contributed by atoms with Gasteiger partial charge in [-0.05, 0) is 60.1 Å². The lowest BCUT2D eigenvalue weighted by Gasteiger charge is -2.27. The van der Waals surface area contributed by atoms with Gasteiger partial charge in [0.25, 0.3) is 0 Å². The number of hydrogen-bond acceptors (Lipinski definition) is 2. The second-order valence-electron chi connectivity index (χ2n) is 5.34. The highest BCUT2D eigenvalue weighted by atomic mass is 19.1. The molecule has 0 aliphatic carbocycles. The Hall–Kier alpha value is -1.78. The third-order valence-corrected chi connectivity index (χ3v) is 3.96. The molecule has 0 amide bonds. The maximum Gasteiger partial charge on any atom is 0.123 e. The molecule has 2 N–H and O–H groups in total. The molecular weight excluding hydrogens is 286 g/mol. The summed E-state index contributed by atoms with van der Waals surface area (Å²) < 4.78 is 26.2. The van der Waals surface area contributed by atoms with Crippen molar-refractivity contribution >= 4 is 0 Å². The highest BCUT2D eigenvalue weighted by Gasteiger charge is 2.24. The van der Waals surface area contributed by atoms with Crippen LogP contribution in [-0.2, 0) is 0 Å². The Morgan fingerprint density at radius 3 is 1.23 bits per heavy atom. The van der Waals surface area contributed by atoms with E-state index in [0.29, 0.717) is 12.8 Å². The minimum atomic E-state index is -0.313. The molecule has 22 heavy (non-hydrogen) atoms. The smallest absolute Gasteiger partial charge is 0.123 e. The maximum absolute atomic E-state index is 13.1. The average Bonchev–Trinajstić information content (AvgIpc) is 2.53. The summed E-state index contributed by atoms with van der Waals surface area (Å²) in [5.41, 5.74) is 1.80. The summed E-state index contributed by atoms with van der Waals surface area (Å²) >= 11 is 0. The van der Waals surface area contributed by atoms with Crippen LogP contribution in [0, 0.1) is 11.6 Å². The number of aliphatic hydroxyl groups excluding tert-OH is 2. The average molecular weight is 306 g/mol. The molecule has 118 valence electrons. The molecule has 2 nitrogen and oxygen atoms in total. The van der Waals surface area contributed by atoms with Gasteiger partial charge in [-0.3, -0.25) is 0 Å². The first-order valence-electron chi connectivity index (χ1n) is 7.38. The zero-order valence-corrected chi connectivity index (χ0v) is 12.3. The Balaban J connectivity index is 2.36. The van der Waals surface area contributed by atoms with Crippen molar-refractivity contribution in [3.05, 3.63) is 71.3 Å². The Labute approximate surface area is 129 Å². The third kappa shape index (κ3) is 4.12. The van der Waals surface area contributed by atoms with Crippen molar-refractivity contribution in [2.75, 3.05) is 13.2 Å². The summed E-state index contributed by atoms with van der Waals surface area (Å²) in [6.07, 6.45) is 0.987. The zero-order chi connectivity index (χ0) is 15.9. The molecule has 0 heterocycles. The van der Waals surface area contributed by atoms with E-state index in [4.69, 9.17) is 0 Å². The van der Waals surface area contributed by atoms with E-state index in [2.05, 4.69) is 0 Å². The van der Waals surface area contributed by atoms with Crippen LogP contribution in [0.15, 0.2) is 48.5 Å². The van der Waals surface area contributed by atoms with Crippen molar-refractivity contribution in [2.45, 2.75) is 24.7 Å². The van der Waals surface area contributed by atoms with Crippen LogP contribution in [0.1, 0.15) is 35.8 Å². The van der Waals surface area contributed by atoms with Crippen molar-refractivity contribution in [2.24, 2.45) is 0 Å². The lowest BCUT2D eigenvalue weighted by atomic mass is 9.78. The molecule has 0 fully saturated rings. The lowest BCUT2D eigenvalue weighted by molar-refractivity contribution is 0.240. The summed E-state index contributed by atoms with van der Waals surface area (Å²) in [5, 5.41) is 18.7. The van der Waals surface area contributed by atoms with Crippen LogP contribution in [0.5, 0.6) is 0 Å². The van der Waals surface area contributed by atoms with Gasteiger partial charge in [-0.2, -0.15) is 0 Å². The van der Waals surface area contributed by atoms with E-state index in [1.165, 1.54) is 24.3 Å². The molecule has 0 radical (unpaired) electrons. The Kier molecular flexibility index (Phi) is 6.04. The first kappa shape index (κ1) is 16.6. The number of aliphatic hydroxyl groups is 2. The monoisotopic (exact) mass is 306 g/mol. The molecule has 0 bridgehead atoms. The van der Waals surface area contributed by atoms with Crippen molar-refractivity contribution in [1.29, 1.82) is 0 Å². The number of halogens is 2. The van der Waals surface area contributed by atoms with Gasteiger partial charge < -0.3 is 10.2 Å². The fourth-order valence-electron chi connectivity index (χ4n) is 2.90. The second kappa shape index (κ2) is 8.01. The maximum atomic E-state index is 13.1. The van der Waals surface area contributed by atoms with Crippen LogP contribution in [0.3, 0.4) is 0 Å². The molecule has 0 aliphatic rings. The number of rotatable bonds is 7. The topological polar surface area (TPSA) is 40.5 Å². The first-order chi connectivity index (χ1) is 10.7. The molecule has 0 aromatic heterocycles. The Bertz CT molecular complexity index is 513. The number of hydrogen-bond donors (Lipinski definition) is 2. The van der Waals surface area contributed by atoms with Crippen molar-refractivity contribution in [3.8, 4) is 0 Å². The first-order valence-corrected chi connectivity index (χ1v) is 7.38. The highest BCUT2D eigenvalue weighted by Crippen LogP contribution is 2.38. The summed E-state index contributed by atoms with van der Waals surface area (Å²) in [4.78, 5) is 0. The van der Waals surface area contributed by atoms with Gasteiger partial charge in [0, 0.05) is 13.2 Å². The predicted molar refractivity (Wildman–Crippen MR) is 81.7 cm³/mol. The molecule has 0 saturated carbocycles. The molecule has 2 aromatic carbocycles. The minimum Gasteiger partial charge on any atom is -0.396 e. The van der Waals surface area contributed by atoms with Gasteiger partial charge >= 0.3 is 0 Å². The van der Waals surface area contributed by atoms with Crippen LogP contribution in [-0.4, -0.2) is 23.4 Å². The van der Waals surface area contributed by atoms with E-state index in [1.54, 1.807) is 24.3 Å². The molecule has 0 saturated heterocycles. The molecule has 2 rings (SSSR count). The minimum absolute atomic E-state index is 0.00876. The Morgan fingerprint density at radius 2 is 0.955 bits per heavy atom. The van der Waals surface area contributed by atoms with Gasteiger partial charge in [0.05, 0.1) is 0 Å². The van der Waals surface area contributed by atoms with Crippen LogP contribution in [0.25, 0.3) is 0 Å². The van der Waals surface area contributed by atoms with Crippen LogP contribution >= 0.6 is 0 Å². The van der Waals surface area contributed by atoms with Gasteiger partial charge in [0.2, 0.25) is 0 Å². The number of benzene rings is 2. The third-order valence-electron chi connectivity index (χ3n) is 3.96. The molecule has 2 aromatic rings. The van der Waals surface area contributed by atoms with E-state index in [-0.39, 0.29) is 36.7 Å². The highest BCUT2D eigenvalue weighted by molar-refractivity contribution is 5.29. The van der Waals surface area contributed by atoms with E-state index < -0.39 is 0 Å². The predicted octanol–water partition coefficient (Wildman–Crippen LogP) is 3.60. The quantitative estimate of drug-likeness (QED) is 0.820. The van der Waals surface area contributed by atoms with Crippen LogP contribution in [0.2, 0.25) is 0 Å². The summed E-state index contributed by atoms with van der Waals surface area (Å²) in [7, 11) is 0. The van der Waals surface area contributed by atoms with Gasteiger partial charge in [-0.1, -0.05) is 24.3 Å². The summed E-state index contributed by atoms with van der Waals surface area (Å²) in [5.74, 6) is -0.759. The van der Waals surface area contributed by atoms with E-state index in [1.807, 2.05) is 0 Å². The fraction of sp³-hybridized carbons (Fsp3) is 0.333. The molecule has 0 aliphatic heterocycles. The van der Waals surface area contributed by atoms with Crippen LogP contribution in [0.4, 0.5) is 8.78 Å². The molecule has 0 spiro atoms. The van der Waals surface area contributed by atoms with Crippen molar-refractivity contribution in [3.63, 3.8) is 0 Å². The van der Waals surface area contributed by atoms with Gasteiger partial charge in [0.15, 0.2) is 0 Å². The van der Waals surface area contributed by atoms with Crippen molar-refractivity contribution < 1.29 is 19.0 Å². The second-order valence-corrected chi connectivity index (χ2v) is 5.34. The Morgan fingerprint density at radius 1 is 0.636 bits per heavy atom. The molecule has 2 atom stereocenters. The van der Waals surface area contributed by atoms with Crippen molar-refractivity contribution in [1.82, 2.24) is 0 Å². The SMILES string of the molecule is OCC[C@@H](c1ccc(F)cc1)[C@@H](CCO)c1ccc(F)cc1. The molecule has 4 heteroatoms. The van der Waals surface area contributed by atoms with Gasteiger partial charge in [-0.25, -0.2) is 8.78 Å². The van der Waals surface area contributed by atoms with Gasteiger partial charge in [-0.15, -0.1) is 0 Å². The summed E-state index contributed by atoms with van der Waals surface area (Å²) in [6, 6.07) is 12.3. The molecular formula is C18H20F2O2. The summed E-state index contributed by atoms with van der Waals surface area (Å²) in [6.45, 7) is -0.0175.